The molecular weight excluding hydrogens is 236 g/mol. The molecule has 0 radical (unpaired) electrons. The van der Waals surface area contributed by atoms with Gasteiger partial charge in [0.2, 0.25) is 5.75 Å². The van der Waals surface area contributed by atoms with E-state index in [4.69, 9.17) is 14.2 Å². The zero-order valence-corrected chi connectivity index (χ0v) is 10.6. The molecule has 0 saturated heterocycles. The summed E-state index contributed by atoms with van der Waals surface area (Å²) in [6.45, 7) is 0. The second kappa shape index (κ2) is 4.76. The summed E-state index contributed by atoms with van der Waals surface area (Å²) in [5.74, 6) is 0.122. The molecule has 0 aliphatic heterocycles. The van der Waals surface area contributed by atoms with Crippen molar-refractivity contribution < 1.29 is 24.1 Å². The number of hydrogen-bond acceptors (Lipinski definition) is 4. The first-order chi connectivity index (χ1) is 8.63. The largest absolute Gasteiger partial charge is 0.493 e. The van der Waals surface area contributed by atoms with Gasteiger partial charge in [-0.15, -0.1) is 0 Å². The molecule has 1 atom stereocenters. The molecule has 0 amide bonds. The van der Waals surface area contributed by atoms with Crippen molar-refractivity contribution in [3.05, 3.63) is 17.2 Å². The van der Waals surface area contributed by atoms with E-state index in [1.807, 2.05) is 6.07 Å². The van der Waals surface area contributed by atoms with Crippen molar-refractivity contribution in [2.24, 2.45) is 0 Å². The number of rotatable bonds is 4. The molecule has 1 unspecified atom stereocenters. The number of benzene rings is 1. The number of ether oxygens (including phenoxy) is 3. The number of aryl methyl sites for hydroxylation is 1. The monoisotopic (exact) mass is 252 g/mol. The minimum absolute atomic E-state index is 0.451. The van der Waals surface area contributed by atoms with E-state index < -0.39 is 11.9 Å². The van der Waals surface area contributed by atoms with Gasteiger partial charge in [-0.2, -0.15) is 0 Å². The van der Waals surface area contributed by atoms with E-state index in [1.54, 1.807) is 7.11 Å². The topological polar surface area (TPSA) is 65.0 Å². The molecule has 0 spiro atoms. The molecule has 0 bridgehead atoms. The fraction of sp³-hybridized carbons (Fsp3) is 0.462. The van der Waals surface area contributed by atoms with E-state index in [1.165, 1.54) is 14.2 Å². The SMILES string of the molecule is COc1cc2c(c(OC)c1OC)C(C(=O)O)CC2. The van der Waals surface area contributed by atoms with Crippen molar-refractivity contribution in [3.63, 3.8) is 0 Å². The van der Waals surface area contributed by atoms with Crippen LogP contribution in [0.25, 0.3) is 0 Å². The first kappa shape index (κ1) is 12.5. The smallest absolute Gasteiger partial charge is 0.311 e. The van der Waals surface area contributed by atoms with Crippen molar-refractivity contribution >= 4 is 5.97 Å². The number of carbonyl (C=O) groups is 1. The highest BCUT2D eigenvalue weighted by molar-refractivity contribution is 5.81. The van der Waals surface area contributed by atoms with Gasteiger partial charge in [0.1, 0.15) is 0 Å². The van der Waals surface area contributed by atoms with Crippen LogP contribution in [-0.2, 0) is 11.2 Å². The van der Waals surface area contributed by atoms with Gasteiger partial charge in [0.15, 0.2) is 11.5 Å². The number of carboxylic acid groups (broad SMARTS) is 1. The Labute approximate surface area is 105 Å². The molecule has 5 heteroatoms. The fourth-order valence-electron chi connectivity index (χ4n) is 2.51. The maximum absolute atomic E-state index is 11.3. The zero-order chi connectivity index (χ0) is 13.3. The molecule has 0 saturated carbocycles. The van der Waals surface area contributed by atoms with Crippen LogP contribution in [-0.4, -0.2) is 32.4 Å². The summed E-state index contributed by atoms with van der Waals surface area (Å²) in [6.07, 6.45) is 1.29. The van der Waals surface area contributed by atoms with Gasteiger partial charge in [-0.1, -0.05) is 0 Å². The van der Waals surface area contributed by atoms with Crippen LogP contribution in [0.5, 0.6) is 17.2 Å². The van der Waals surface area contributed by atoms with Gasteiger partial charge in [0, 0.05) is 5.56 Å². The zero-order valence-electron chi connectivity index (χ0n) is 10.6. The van der Waals surface area contributed by atoms with Gasteiger partial charge in [-0.05, 0) is 24.5 Å². The Morgan fingerprint density at radius 1 is 1.22 bits per heavy atom. The van der Waals surface area contributed by atoms with Crippen LogP contribution in [0.2, 0.25) is 0 Å². The Bertz CT molecular complexity index is 481. The molecule has 0 heterocycles. The minimum atomic E-state index is -0.834. The second-order valence-electron chi connectivity index (χ2n) is 4.15. The van der Waals surface area contributed by atoms with Crippen molar-refractivity contribution in [3.8, 4) is 17.2 Å². The molecule has 5 nitrogen and oxygen atoms in total. The summed E-state index contributed by atoms with van der Waals surface area (Å²) < 4.78 is 15.8. The highest BCUT2D eigenvalue weighted by atomic mass is 16.5. The van der Waals surface area contributed by atoms with E-state index in [9.17, 15) is 9.90 Å². The van der Waals surface area contributed by atoms with Gasteiger partial charge in [-0.25, -0.2) is 0 Å². The molecule has 1 N–H and O–H groups in total. The molecule has 0 fully saturated rings. The lowest BCUT2D eigenvalue weighted by atomic mass is 9.99. The summed E-state index contributed by atoms with van der Waals surface area (Å²) in [5, 5.41) is 9.24. The van der Waals surface area contributed by atoms with Crippen molar-refractivity contribution in [1.29, 1.82) is 0 Å². The average molecular weight is 252 g/mol. The Hall–Kier alpha value is -1.91. The maximum atomic E-state index is 11.3. The van der Waals surface area contributed by atoms with Crippen molar-refractivity contribution in [2.45, 2.75) is 18.8 Å². The summed E-state index contributed by atoms with van der Waals surface area (Å²) in [4.78, 5) is 11.3. The maximum Gasteiger partial charge on any atom is 0.311 e. The van der Waals surface area contributed by atoms with Gasteiger partial charge in [0.25, 0.3) is 0 Å². The van der Waals surface area contributed by atoms with Crippen LogP contribution >= 0.6 is 0 Å². The van der Waals surface area contributed by atoms with Gasteiger partial charge in [-0.3, -0.25) is 4.79 Å². The number of aliphatic carboxylic acids is 1. The molecule has 18 heavy (non-hydrogen) atoms. The standard InChI is InChI=1S/C13H16O5/c1-16-9-6-7-4-5-8(13(14)15)10(7)12(18-3)11(9)17-2/h6,8H,4-5H2,1-3H3,(H,14,15). The summed E-state index contributed by atoms with van der Waals surface area (Å²) in [6, 6.07) is 1.83. The summed E-state index contributed by atoms with van der Waals surface area (Å²) >= 11 is 0. The summed E-state index contributed by atoms with van der Waals surface area (Å²) in [7, 11) is 4.57. The Kier molecular flexibility index (Phi) is 3.32. The molecule has 2 rings (SSSR count). The van der Waals surface area contributed by atoms with Crippen LogP contribution in [0, 0.1) is 0 Å². The predicted octanol–water partition coefficient (Wildman–Crippen LogP) is 1.83. The first-order valence-electron chi connectivity index (χ1n) is 5.68. The number of hydrogen-bond donors (Lipinski definition) is 1. The molecule has 1 aromatic rings. The molecule has 0 aromatic heterocycles. The number of fused-ring (bicyclic) bond motifs is 1. The quantitative estimate of drug-likeness (QED) is 0.885. The Morgan fingerprint density at radius 2 is 1.89 bits per heavy atom. The lowest BCUT2D eigenvalue weighted by molar-refractivity contribution is -0.138. The third-order valence-corrected chi connectivity index (χ3v) is 3.30. The normalized spacial score (nSPS) is 17.2. The van der Waals surface area contributed by atoms with E-state index >= 15 is 0 Å². The van der Waals surface area contributed by atoms with E-state index in [2.05, 4.69) is 0 Å². The molecule has 1 aromatic carbocycles. The predicted molar refractivity (Wildman–Crippen MR) is 64.8 cm³/mol. The number of methoxy groups -OCH3 is 3. The highest BCUT2D eigenvalue weighted by Gasteiger charge is 2.34. The molecular formula is C13H16O5. The Morgan fingerprint density at radius 3 is 2.39 bits per heavy atom. The van der Waals surface area contributed by atoms with Crippen molar-refractivity contribution in [1.82, 2.24) is 0 Å². The summed E-state index contributed by atoms with van der Waals surface area (Å²) in [5.41, 5.74) is 1.67. The molecule has 1 aliphatic rings. The number of carboxylic acids is 1. The van der Waals surface area contributed by atoms with Crippen LogP contribution < -0.4 is 14.2 Å². The molecule has 1 aliphatic carbocycles. The fourth-order valence-corrected chi connectivity index (χ4v) is 2.51. The third-order valence-electron chi connectivity index (χ3n) is 3.30. The van der Waals surface area contributed by atoms with Crippen molar-refractivity contribution in [2.75, 3.05) is 21.3 Å². The van der Waals surface area contributed by atoms with Gasteiger partial charge >= 0.3 is 5.97 Å². The average Bonchev–Trinajstić information content (AvgIpc) is 2.79. The van der Waals surface area contributed by atoms with Gasteiger partial charge in [0.05, 0.1) is 27.2 Å². The lowest BCUT2D eigenvalue weighted by Gasteiger charge is -2.17. The van der Waals surface area contributed by atoms with E-state index in [0.717, 1.165) is 5.56 Å². The lowest BCUT2D eigenvalue weighted by Crippen LogP contribution is -2.10. The van der Waals surface area contributed by atoms with Crippen LogP contribution in [0.1, 0.15) is 23.5 Å². The van der Waals surface area contributed by atoms with E-state index in [-0.39, 0.29) is 0 Å². The third kappa shape index (κ3) is 1.75. The van der Waals surface area contributed by atoms with Crippen LogP contribution in [0.15, 0.2) is 6.07 Å². The minimum Gasteiger partial charge on any atom is -0.493 e. The Balaban J connectivity index is 2.65. The van der Waals surface area contributed by atoms with Gasteiger partial charge < -0.3 is 19.3 Å². The van der Waals surface area contributed by atoms with E-state index in [0.29, 0.717) is 35.7 Å². The van der Waals surface area contributed by atoms with Crippen LogP contribution in [0.3, 0.4) is 0 Å². The highest BCUT2D eigenvalue weighted by Crippen LogP contribution is 2.49. The second-order valence-corrected chi connectivity index (χ2v) is 4.15. The first-order valence-corrected chi connectivity index (χ1v) is 5.68. The molecule has 98 valence electrons. The van der Waals surface area contributed by atoms with Crippen LogP contribution in [0.4, 0.5) is 0 Å².